The first-order valence-corrected chi connectivity index (χ1v) is 8.28. The Balaban J connectivity index is 1.94. The summed E-state index contributed by atoms with van der Waals surface area (Å²) in [7, 11) is 3.50. The van der Waals surface area contributed by atoms with Crippen LogP contribution in [0.4, 0.5) is 0 Å². The van der Waals surface area contributed by atoms with Crippen molar-refractivity contribution in [1.29, 1.82) is 0 Å². The summed E-state index contributed by atoms with van der Waals surface area (Å²) in [6.45, 7) is 0. The van der Waals surface area contributed by atoms with E-state index in [-0.39, 0.29) is 6.04 Å². The minimum Gasteiger partial charge on any atom is -0.497 e. The Morgan fingerprint density at radius 1 is 1.41 bits per heavy atom. The molecule has 0 radical (unpaired) electrons. The van der Waals surface area contributed by atoms with Gasteiger partial charge >= 0.3 is 0 Å². The average molecular weight is 331 g/mol. The maximum Gasteiger partial charge on any atom is 0.190 e. The van der Waals surface area contributed by atoms with Crippen molar-refractivity contribution < 1.29 is 4.74 Å². The summed E-state index contributed by atoms with van der Waals surface area (Å²) in [5.74, 6) is 0.836. The molecule has 0 spiro atoms. The van der Waals surface area contributed by atoms with Crippen LogP contribution in [-0.4, -0.2) is 30.0 Å². The van der Waals surface area contributed by atoms with Gasteiger partial charge < -0.3 is 10.1 Å². The molecule has 0 amide bonds. The number of nitrogens with zero attached hydrogens (tertiary/aromatic N) is 2. The fraction of sp³-hybridized carbons (Fsp3) is 0.250. The van der Waals surface area contributed by atoms with Crippen molar-refractivity contribution in [3.05, 3.63) is 52.2 Å². The smallest absolute Gasteiger partial charge is 0.190 e. The lowest BCUT2D eigenvalue weighted by atomic mass is 10.0. The molecule has 4 nitrogen and oxygen atoms in total. The van der Waals surface area contributed by atoms with Gasteiger partial charge in [0.15, 0.2) is 5.11 Å². The van der Waals surface area contributed by atoms with E-state index in [0.717, 1.165) is 23.4 Å². The third kappa shape index (κ3) is 2.84. The van der Waals surface area contributed by atoms with Crippen LogP contribution in [0.15, 0.2) is 46.9 Å². The Kier molecular flexibility index (Phi) is 4.40. The lowest BCUT2D eigenvalue weighted by molar-refractivity contribution is 0.371. The van der Waals surface area contributed by atoms with Gasteiger partial charge in [0, 0.05) is 23.9 Å². The van der Waals surface area contributed by atoms with E-state index >= 15 is 0 Å². The summed E-state index contributed by atoms with van der Waals surface area (Å²) in [4.78, 5) is 1.26. The molecule has 2 aromatic rings. The second-order valence-corrected chi connectivity index (χ2v) is 6.28. The zero-order chi connectivity index (χ0) is 15.5. The maximum atomic E-state index is 5.41. The molecule has 6 heteroatoms. The van der Waals surface area contributed by atoms with Crippen LogP contribution in [0, 0.1) is 0 Å². The number of benzene rings is 1. The third-order valence-electron chi connectivity index (χ3n) is 3.61. The molecule has 3 rings (SSSR count). The van der Waals surface area contributed by atoms with Crippen LogP contribution in [0.3, 0.4) is 0 Å². The van der Waals surface area contributed by atoms with Crippen molar-refractivity contribution >= 4 is 34.4 Å². The standard InChI is InChI=1S/C16H17N3OS2/c1-17-16(21)19-14(15-7-4-8-22-15)10-13(18-19)11-5-3-6-12(9-11)20-2/h3-9,14H,10H2,1-2H3,(H,17,21)/t14-/m1/s1. The molecular weight excluding hydrogens is 314 g/mol. The van der Waals surface area contributed by atoms with Crippen LogP contribution < -0.4 is 10.1 Å². The molecule has 1 aromatic carbocycles. The molecule has 22 heavy (non-hydrogen) atoms. The van der Waals surface area contributed by atoms with E-state index in [1.54, 1.807) is 18.4 Å². The number of ether oxygens (including phenoxy) is 1. The summed E-state index contributed by atoms with van der Waals surface area (Å²) < 4.78 is 5.30. The summed E-state index contributed by atoms with van der Waals surface area (Å²) in [5.41, 5.74) is 2.09. The predicted octanol–water partition coefficient (Wildman–Crippen LogP) is 3.41. The minimum atomic E-state index is 0.154. The van der Waals surface area contributed by atoms with Gasteiger partial charge in [0.25, 0.3) is 0 Å². The molecule has 0 saturated heterocycles. The Bertz CT molecular complexity index is 697. The van der Waals surface area contributed by atoms with Crippen LogP contribution in [0.1, 0.15) is 22.9 Å². The van der Waals surface area contributed by atoms with Crippen molar-refractivity contribution in [3.63, 3.8) is 0 Å². The maximum absolute atomic E-state index is 5.41. The first-order valence-electron chi connectivity index (χ1n) is 6.99. The highest BCUT2D eigenvalue weighted by Crippen LogP contribution is 2.35. The van der Waals surface area contributed by atoms with Gasteiger partial charge in [0.2, 0.25) is 0 Å². The third-order valence-corrected chi connectivity index (χ3v) is 4.97. The number of hydrogen-bond donors (Lipinski definition) is 1. The number of thiophene rings is 1. The van der Waals surface area contributed by atoms with E-state index < -0.39 is 0 Å². The summed E-state index contributed by atoms with van der Waals surface area (Å²) in [5, 5.41) is 12.4. The molecule has 0 bridgehead atoms. The van der Waals surface area contributed by atoms with Crippen molar-refractivity contribution in [1.82, 2.24) is 10.3 Å². The highest BCUT2D eigenvalue weighted by molar-refractivity contribution is 7.80. The van der Waals surface area contributed by atoms with Crippen molar-refractivity contribution in [3.8, 4) is 5.75 Å². The molecule has 1 aliphatic rings. The van der Waals surface area contributed by atoms with E-state index in [9.17, 15) is 0 Å². The second kappa shape index (κ2) is 6.46. The molecule has 1 aromatic heterocycles. The van der Waals surface area contributed by atoms with E-state index in [1.807, 2.05) is 30.3 Å². The van der Waals surface area contributed by atoms with Crippen molar-refractivity contribution in [2.75, 3.05) is 14.2 Å². The van der Waals surface area contributed by atoms with E-state index in [2.05, 4.69) is 28.9 Å². The van der Waals surface area contributed by atoms with E-state index in [1.165, 1.54) is 4.88 Å². The van der Waals surface area contributed by atoms with Crippen molar-refractivity contribution in [2.24, 2.45) is 5.10 Å². The Morgan fingerprint density at radius 3 is 2.95 bits per heavy atom. The van der Waals surface area contributed by atoms with Gasteiger partial charge in [-0.05, 0) is 35.8 Å². The van der Waals surface area contributed by atoms with Crippen LogP contribution in [-0.2, 0) is 0 Å². The number of thiocarbonyl (C=S) groups is 1. The molecule has 114 valence electrons. The molecule has 1 N–H and O–H groups in total. The number of hydrazone groups is 1. The van der Waals surface area contributed by atoms with Gasteiger partial charge in [0.05, 0.1) is 18.9 Å². The molecule has 0 unspecified atom stereocenters. The fourth-order valence-corrected chi connectivity index (χ4v) is 3.47. The first-order chi connectivity index (χ1) is 10.7. The number of nitrogens with one attached hydrogen (secondary N) is 1. The predicted molar refractivity (Wildman–Crippen MR) is 94.7 cm³/mol. The van der Waals surface area contributed by atoms with Crippen molar-refractivity contribution in [2.45, 2.75) is 12.5 Å². The lowest BCUT2D eigenvalue weighted by Gasteiger charge is -2.22. The minimum absolute atomic E-state index is 0.154. The van der Waals surface area contributed by atoms with Crippen LogP contribution in [0.2, 0.25) is 0 Å². The van der Waals surface area contributed by atoms with Gasteiger partial charge in [-0.25, -0.2) is 5.01 Å². The van der Waals surface area contributed by atoms with Crippen LogP contribution in [0.5, 0.6) is 5.75 Å². The molecule has 0 saturated carbocycles. The molecule has 0 fully saturated rings. The molecule has 2 heterocycles. The molecule has 1 aliphatic heterocycles. The van der Waals surface area contributed by atoms with E-state index in [4.69, 9.17) is 22.1 Å². The number of methoxy groups -OCH3 is 1. The Labute approximate surface area is 139 Å². The summed E-state index contributed by atoms with van der Waals surface area (Å²) in [6.07, 6.45) is 0.829. The molecular formula is C16H17N3OS2. The topological polar surface area (TPSA) is 36.9 Å². The largest absolute Gasteiger partial charge is 0.497 e. The zero-order valence-electron chi connectivity index (χ0n) is 12.4. The quantitative estimate of drug-likeness (QED) is 0.875. The Hall–Kier alpha value is -1.92. The lowest BCUT2D eigenvalue weighted by Crippen LogP contribution is -2.34. The first kappa shape index (κ1) is 15.0. The van der Waals surface area contributed by atoms with Gasteiger partial charge in [0.1, 0.15) is 5.75 Å². The Morgan fingerprint density at radius 2 is 2.27 bits per heavy atom. The average Bonchev–Trinajstić information content (AvgIpc) is 3.23. The highest BCUT2D eigenvalue weighted by Gasteiger charge is 2.31. The van der Waals surface area contributed by atoms with Crippen LogP contribution >= 0.6 is 23.6 Å². The normalized spacial score (nSPS) is 17.3. The number of rotatable bonds is 3. The fourth-order valence-electron chi connectivity index (χ4n) is 2.49. The highest BCUT2D eigenvalue weighted by atomic mass is 32.1. The SMILES string of the molecule is CNC(=S)N1N=C(c2cccc(OC)c2)C[C@@H]1c1cccs1. The number of hydrogen-bond acceptors (Lipinski definition) is 4. The van der Waals surface area contributed by atoms with Gasteiger partial charge in [-0.3, -0.25) is 0 Å². The summed E-state index contributed by atoms with van der Waals surface area (Å²) in [6, 6.07) is 12.3. The zero-order valence-corrected chi connectivity index (χ0v) is 14.1. The summed E-state index contributed by atoms with van der Waals surface area (Å²) >= 11 is 7.13. The molecule has 1 atom stereocenters. The monoisotopic (exact) mass is 331 g/mol. The van der Waals surface area contributed by atoms with Gasteiger partial charge in [-0.15, -0.1) is 11.3 Å². The second-order valence-electron chi connectivity index (χ2n) is 4.91. The van der Waals surface area contributed by atoms with Gasteiger partial charge in [-0.1, -0.05) is 18.2 Å². The van der Waals surface area contributed by atoms with E-state index in [0.29, 0.717) is 5.11 Å². The van der Waals surface area contributed by atoms with Gasteiger partial charge in [-0.2, -0.15) is 5.10 Å². The molecule has 0 aliphatic carbocycles. The van der Waals surface area contributed by atoms with Crippen LogP contribution in [0.25, 0.3) is 0 Å².